The number of hydrogen-bond donors (Lipinski definition) is 0. The van der Waals surface area contributed by atoms with Crippen molar-refractivity contribution in [3.05, 3.63) is 36.5 Å². The Morgan fingerprint density at radius 3 is 2.73 bits per heavy atom. The molecule has 0 saturated carbocycles. The van der Waals surface area contributed by atoms with Crippen LogP contribution in [0.3, 0.4) is 0 Å². The van der Waals surface area contributed by atoms with E-state index in [4.69, 9.17) is 0 Å². The maximum Gasteiger partial charge on any atom is 0.0152 e. The summed E-state index contributed by atoms with van der Waals surface area (Å²) in [6.07, 6.45) is 10.2. The van der Waals surface area contributed by atoms with Crippen LogP contribution in [0, 0.1) is 11.8 Å². The Kier molecular flexibility index (Phi) is 2.70. The Hall–Kier alpha value is -0.780. The van der Waals surface area contributed by atoms with Crippen LogP contribution in [0.15, 0.2) is 36.5 Å². The van der Waals surface area contributed by atoms with E-state index in [1.165, 1.54) is 12.0 Å². The molecule has 1 aliphatic rings. The summed E-state index contributed by atoms with van der Waals surface area (Å²) < 4.78 is 0. The Labute approximate surface area is 69.3 Å². The van der Waals surface area contributed by atoms with Crippen LogP contribution in [0.1, 0.15) is 20.3 Å². The first-order chi connectivity index (χ1) is 5.20. The average molecular weight is 148 g/mol. The molecule has 0 aromatic carbocycles. The molecule has 0 nitrogen and oxygen atoms in total. The van der Waals surface area contributed by atoms with Gasteiger partial charge in [0.15, 0.2) is 0 Å². The van der Waals surface area contributed by atoms with Crippen LogP contribution >= 0.6 is 0 Å². The van der Waals surface area contributed by atoms with Crippen molar-refractivity contribution in [1.82, 2.24) is 0 Å². The highest BCUT2D eigenvalue weighted by atomic mass is 14.1. The van der Waals surface area contributed by atoms with E-state index in [1.54, 1.807) is 0 Å². The second-order valence-electron chi connectivity index (χ2n) is 3.40. The third kappa shape index (κ3) is 2.38. The molecule has 0 aromatic rings. The Bertz CT molecular complexity index is 196. The summed E-state index contributed by atoms with van der Waals surface area (Å²) in [5.41, 5.74) is 1.23. The van der Waals surface area contributed by atoms with Crippen molar-refractivity contribution in [1.29, 1.82) is 0 Å². The van der Waals surface area contributed by atoms with Crippen LogP contribution in [0.5, 0.6) is 0 Å². The highest BCUT2D eigenvalue weighted by molar-refractivity contribution is 5.18. The minimum atomic E-state index is 0.472. The molecule has 0 amide bonds. The molecule has 0 saturated heterocycles. The smallest absolute Gasteiger partial charge is 0.0152 e. The van der Waals surface area contributed by atoms with Crippen LogP contribution in [0.2, 0.25) is 0 Å². The number of hydrogen-bond acceptors (Lipinski definition) is 0. The van der Waals surface area contributed by atoms with Gasteiger partial charge in [0.05, 0.1) is 0 Å². The topological polar surface area (TPSA) is 0 Å². The predicted octanol–water partition coefficient (Wildman–Crippen LogP) is 3.33. The predicted molar refractivity (Wildman–Crippen MR) is 50.4 cm³/mol. The molecule has 0 fully saturated rings. The first-order valence-corrected chi connectivity index (χ1v) is 4.20. The van der Waals surface area contributed by atoms with Gasteiger partial charge >= 0.3 is 0 Å². The summed E-state index contributed by atoms with van der Waals surface area (Å²) in [4.78, 5) is 0. The van der Waals surface area contributed by atoms with Gasteiger partial charge in [0.1, 0.15) is 0 Å². The number of rotatable bonds is 1. The Morgan fingerprint density at radius 2 is 2.09 bits per heavy atom. The van der Waals surface area contributed by atoms with Gasteiger partial charge in [0.2, 0.25) is 0 Å². The third-order valence-electron chi connectivity index (χ3n) is 2.07. The molecule has 60 valence electrons. The summed E-state index contributed by atoms with van der Waals surface area (Å²) in [5, 5.41) is 0. The highest BCUT2D eigenvalue weighted by Crippen LogP contribution is 2.18. The maximum absolute atomic E-state index is 3.94. The Morgan fingerprint density at radius 1 is 1.36 bits per heavy atom. The molecule has 0 heteroatoms. The molecule has 0 aliphatic heterocycles. The largest absolute Gasteiger partial charge is 0.0992 e. The SMILES string of the molecule is C=C(C)C1C=CCC(C)C=C1. The Balaban J connectivity index is 2.69. The first-order valence-electron chi connectivity index (χ1n) is 4.20. The lowest BCUT2D eigenvalue weighted by Gasteiger charge is -2.04. The van der Waals surface area contributed by atoms with Crippen molar-refractivity contribution in [2.24, 2.45) is 11.8 Å². The molecule has 1 rings (SSSR count). The van der Waals surface area contributed by atoms with E-state index in [0.29, 0.717) is 11.8 Å². The lowest BCUT2D eigenvalue weighted by atomic mass is 10.0. The van der Waals surface area contributed by atoms with Crippen molar-refractivity contribution in [2.45, 2.75) is 20.3 Å². The van der Waals surface area contributed by atoms with Crippen molar-refractivity contribution in [3.8, 4) is 0 Å². The van der Waals surface area contributed by atoms with E-state index in [0.717, 1.165) is 0 Å². The van der Waals surface area contributed by atoms with Crippen LogP contribution in [0.25, 0.3) is 0 Å². The van der Waals surface area contributed by atoms with E-state index >= 15 is 0 Å². The molecular weight excluding hydrogens is 132 g/mol. The second-order valence-corrected chi connectivity index (χ2v) is 3.40. The fraction of sp³-hybridized carbons (Fsp3) is 0.455. The zero-order valence-corrected chi connectivity index (χ0v) is 7.38. The lowest BCUT2D eigenvalue weighted by molar-refractivity contribution is 0.747. The van der Waals surface area contributed by atoms with Gasteiger partial charge in [-0.25, -0.2) is 0 Å². The summed E-state index contributed by atoms with van der Waals surface area (Å²) in [5.74, 6) is 1.16. The molecule has 0 aromatic heterocycles. The zero-order valence-electron chi connectivity index (χ0n) is 7.38. The molecule has 2 unspecified atom stereocenters. The van der Waals surface area contributed by atoms with E-state index in [9.17, 15) is 0 Å². The molecule has 2 atom stereocenters. The molecule has 0 N–H and O–H groups in total. The minimum Gasteiger partial charge on any atom is -0.0992 e. The maximum atomic E-state index is 3.94. The van der Waals surface area contributed by atoms with E-state index in [1.807, 2.05) is 0 Å². The third-order valence-corrected chi connectivity index (χ3v) is 2.07. The van der Waals surface area contributed by atoms with Gasteiger partial charge in [-0.05, 0) is 19.3 Å². The van der Waals surface area contributed by atoms with Gasteiger partial charge < -0.3 is 0 Å². The monoisotopic (exact) mass is 148 g/mol. The first kappa shape index (κ1) is 8.32. The quantitative estimate of drug-likeness (QED) is 0.500. The van der Waals surface area contributed by atoms with E-state index in [-0.39, 0.29) is 0 Å². The van der Waals surface area contributed by atoms with Gasteiger partial charge in [0, 0.05) is 5.92 Å². The molecule has 11 heavy (non-hydrogen) atoms. The molecule has 0 bridgehead atoms. The fourth-order valence-corrected chi connectivity index (χ4v) is 1.22. The van der Waals surface area contributed by atoms with Gasteiger partial charge in [-0.3, -0.25) is 0 Å². The van der Waals surface area contributed by atoms with Crippen molar-refractivity contribution >= 4 is 0 Å². The number of allylic oxidation sites excluding steroid dienone is 5. The molecule has 1 aliphatic carbocycles. The van der Waals surface area contributed by atoms with Gasteiger partial charge in [-0.15, -0.1) is 0 Å². The molecular formula is C11H16. The standard InChI is InChI=1S/C11H16/c1-9(2)11-6-4-5-10(3)7-8-11/h4,6-8,10-11H,1,5H2,2-3H3. The molecule has 0 heterocycles. The van der Waals surface area contributed by atoms with Gasteiger partial charge in [-0.1, -0.05) is 43.4 Å². The molecule has 0 spiro atoms. The average Bonchev–Trinajstić information content (AvgIpc) is 2.13. The van der Waals surface area contributed by atoms with Crippen molar-refractivity contribution in [2.75, 3.05) is 0 Å². The van der Waals surface area contributed by atoms with Gasteiger partial charge in [0.25, 0.3) is 0 Å². The minimum absolute atomic E-state index is 0.472. The fourth-order valence-electron chi connectivity index (χ4n) is 1.22. The lowest BCUT2D eigenvalue weighted by Crippen LogP contribution is -1.90. The normalized spacial score (nSPS) is 30.0. The van der Waals surface area contributed by atoms with E-state index < -0.39 is 0 Å². The zero-order chi connectivity index (χ0) is 8.27. The van der Waals surface area contributed by atoms with Crippen LogP contribution in [0.4, 0.5) is 0 Å². The van der Waals surface area contributed by atoms with Crippen LogP contribution in [-0.2, 0) is 0 Å². The van der Waals surface area contributed by atoms with Crippen molar-refractivity contribution in [3.63, 3.8) is 0 Å². The summed E-state index contributed by atoms with van der Waals surface area (Å²) in [6.45, 7) is 8.26. The van der Waals surface area contributed by atoms with Crippen LogP contribution < -0.4 is 0 Å². The summed E-state index contributed by atoms with van der Waals surface area (Å²) in [6, 6.07) is 0. The highest BCUT2D eigenvalue weighted by Gasteiger charge is 2.04. The molecule has 0 radical (unpaired) electrons. The van der Waals surface area contributed by atoms with E-state index in [2.05, 4.69) is 44.7 Å². The second kappa shape index (κ2) is 3.56. The van der Waals surface area contributed by atoms with Crippen LogP contribution in [-0.4, -0.2) is 0 Å². The summed E-state index contributed by atoms with van der Waals surface area (Å²) >= 11 is 0. The summed E-state index contributed by atoms with van der Waals surface area (Å²) in [7, 11) is 0. The van der Waals surface area contributed by atoms with Crippen molar-refractivity contribution < 1.29 is 0 Å². The van der Waals surface area contributed by atoms with Gasteiger partial charge in [-0.2, -0.15) is 0 Å².